The van der Waals surface area contributed by atoms with Gasteiger partial charge in [0.2, 0.25) is 5.91 Å². The number of rotatable bonds is 3. The predicted molar refractivity (Wildman–Crippen MR) is 69.8 cm³/mol. The molecular formula is C13H16BrNO2. The number of likely N-dealkylation sites (N-methyl/N-ethyl adjacent to an activating group) is 1. The van der Waals surface area contributed by atoms with E-state index in [0.717, 1.165) is 17.3 Å². The van der Waals surface area contributed by atoms with E-state index in [9.17, 15) is 4.79 Å². The number of aliphatic hydroxyl groups is 1. The van der Waals surface area contributed by atoms with E-state index in [4.69, 9.17) is 5.11 Å². The first kappa shape index (κ1) is 12.6. The number of hydrogen-bond acceptors (Lipinski definition) is 2. The number of fused-ring (bicyclic) bond motifs is 1. The fourth-order valence-corrected chi connectivity index (χ4v) is 2.74. The number of benzene rings is 1. The Labute approximate surface area is 110 Å². The van der Waals surface area contributed by atoms with Gasteiger partial charge in [0.15, 0.2) is 0 Å². The van der Waals surface area contributed by atoms with Gasteiger partial charge in [0.25, 0.3) is 0 Å². The average Bonchev–Trinajstić information content (AvgIpc) is 2.71. The van der Waals surface area contributed by atoms with Crippen LogP contribution in [0.25, 0.3) is 0 Å². The molecule has 1 aliphatic rings. The summed E-state index contributed by atoms with van der Waals surface area (Å²) in [4.78, 5) is 13.7. The van der Waals surface area contributed by atoms with E-state index in [1.165, 1.54) is 11.1 Å². The molecular weight excluding hydrogens is 282 g/mol. The van der Waals surface area contributed by atoms with E-state index in [2.05, 4.69) is 28.1 Å². The number of hydrogen-bond donors (Lipinski definition) is 1. The van der Waals surface area contributed by atoms with Gasteiger partial charge in [0, 0.05) is 24.0 Å². The Morgan fingerprint density at radius 1 is 1.47 bits per heavy atom. The molecule has 1 aliphatic carbocycles. The number of carbonyl (C=O) groups excluding carboxylic acids is 1. The molecule has 3 nitrogen and oxygen atoms in total. The van der Waals surface area contributed by atoms with Gasteiger partial charge in [-0.2, -0.15) is 0 Å². The molecule has 1 amide bonds. The second-order valence-corrected chi connectivity index (χ2v) is 5.42. The van der Waals surface area contributed by atoms with Crippen LogP contribution in [0.1, 0.15) is 11.1 Å². The summed E-state index contributed by atoms with van der Waals surface area (Å²) in [7, 11) is 1.75. The lowest BCUT2D eigenvalue weighted by atomic mass is 10.1. The molecule has 0 aliphatic heterocycles. The zero-order valence-corrected chi connectivity index (χ0v) is 11.4. The zero-order valence-electron chi connectivity index (χ0n) is 9.82. The third-order valence-electron chi connectivity index (χ3n) is 3.26. The van der Waals surface area contributed by atoms with Crippen molar-refractivity contribution in [2.24, 2.45) is 5.92 Å². The van der Waals surface area contributed by atoms with Gasteiger partial charge >= 0.3 is 0 Å². The van der Waals surface area contributed by atoms with Gasteiger partial charge in [0.1, 0.15) is 0 Å². The van der Waals surface area contributed by atoms with E-state index < -0.39 is 0 Å². The van der Waals surface area contributed by atoms with Crippen LogP contribution < -0.4 is 0 Å². The van der Waals surface area contributed by atoms with E-state index in [-0.39, 0.29) is 18.4 Å². The van der Waals surface area contributed by atoms with Crippen LogP contribution >= 0.6 is 15.9 Å². The fourth-order valence-electron chi connectivity index (χ4n) is 2.33. The van der Waals surface area contributed by atoms with Crippen molar-refractivity contribution in [2.45, 2.75) is 12.8 Å². The largest absolute Gasteiger partial charge is 0.395 e. The molecule has 0 saturated heterocycles. The lowest BCUT2D eigenvalue weighted by Crippen LogP contribution is -2.35. The molecule has 17 heavy (non-hydrogen) atoms. The maximum Gasteiger partial charge on any atom is 0.226 e. The standard InChI is InChI=1S/C13H16BrNO2/c1-15(4-5-16)13(17)11-6-9-2-3-12(14)8-10(9)7-11/h2-3,8,11,16H,4-7H2,1H3. The molecule has 0 aromatic heterocycles. The minimum Gasteiger partial charge on any atom is -0.395 e. The van der Waals surface area contributed by atoms with Crippen molar-refractivity contribution in [3.63, 3.8) is 0 Å². The summed E-state index contributed by atoms with van der Waals surface area (Å²) in [5.74, 6) is 0.169. The zero-order chi connectivity index (χ0) is 12.4. The molecule has 0 spiro atoms. The van der Waals surface area contributed by atoms with Crippen molar-refractivity contribution < 1.29 is 9.90 Å². The highest BCUT2D eigenvalue weighted by molar-refractivity contribution is 9.10. The SMILES string of the molecule is CN(CCO)C(=O)C1Cc2ccc(Br)cc2C1. The maximum atomic E-state index is 12.1. The van der Waals surface area contributed by atoms with Gasteiger partial charge in [0.05, 0.1) is 6.61 Å². The molecule has 1 aromatic carbocycles. The van der Waals surface area contributed by atoms with Crippen LogP contribution in [-0.4, -0.2) is 36.1 Å². The molecule has 1 aromatic rings. The van der Waals surface area contributed by atoms with Crippen molar-refractivity contribution in [3.8, 4) is 0 Å². The van der Waals surface area contributed by atoms with Gasteiger partial charge in [-0.25, -0.2) is 0 Å². The Morgan fingerprint density at radius 2 is 2.18 bits per heavy atom. The first-order valence-corrected chi connectivity index (χ1v) is 6.54. The summed E-state index contributed by atoms with van der Waals surface area (Å²) in [5.41, 5.74) is 2.53. The number of aliphatic hydroxyl groups excluding tert-OH is 1. The molecule has 0 fully saturated rings. The molecule has 0 bridgehead atoms. The van der Waals surface area contributed by atoms with Crippen molar-refractivity contribution in [1.82, 2.24) is 4.90 Å². The van der Waals surface area contributed by atoms with Crippen molar-refractivity contribution >= 4 is 21.8 Å². The van der Waals surface area contributed by atoms with Gasteiger partial charge in [-0.3, -0.25) is 4.79 Å². The van der Waals surface area contributed by atoms with E-state index in [1.807, 2.05) is 6.07 Å². The topological polar surface area (TPSA) is 40.5 Å². The maximum absolute atomic E-state index is 12.1. The summed E-state index contributed by atoms with van der Waals surface area (Å²) in [6.07, 6.45) is 1.63. The Bertz CT molecular complexity index is 433. The Balaban J connectivity index is 2.07. The van der Waals surface area contributed by atoms with Crippen LogP contribution in [0.2, 0.25) is 0 Å². The summed E-state index contributed by atoms with van der Waals surface area (Å²) < 4.78 is 1.06. The molecule has 1 unspecified atom stereocenters. The quantitative estimate of drug-likeness (QED) is 0.921. The number of halogens is 1. The van der Waals surface area contributed by atoms with Crippen LogP contribution in [-0.2, 0) is 17.6 Å². The van der Waals surface area contributed by atoms with Crippen LogP contribution in [0.15, 0.2) is 22.7 Å². The molecule has 1 N–H and O–H groups in total. The molecule has 0 saturated carbocycles. The van der Waals surface area contributed by atoms with E-state index in [0.29, 0.717) is 6.54 Å². The van der Waals surface area contributed by atoms with E-state index >= 15 is 0 Å². The Kier molecular flexibility index (Phi) is 3.84. The minimum atomic E-state index is 0.0213. The Hall–Kier alpha value is -0.870. The smallest absolute Gasteiger partial charge is 0.226 e. The predicted octanol–water partition coefficient (Wildman–Crippen LogP) is 1.61. The van der Waals surface area contributed by atoms with Gasteiger partial charge in [-0.1, -0.05) is 22.0 Å². The van der Waals surface area contributed by atoms with Crippen molar-refractivity contribution in [1.29, 1.82) is 0 Å². The number of amides is 1. The normalized spacial score (nSPS) is 17.9. The Morgan fingerprint density at radius 3 is 2.88 bits per heavy atom. The third-order valence-corrected chi connectivity index (χ3v) is 3.76. The summed E-state index contributed by atoms with van der Waals surface area (Å²) in [5, 5.41) is 8.84. The van der Waals surface area contributed by atoms with Crippen LogP contribution in [0.4, 0.5) is 0 Å². The highest BCUT2D eigenvalue weighted by atomic mass is 79.9. The molecule has 92 valence electrons. The second kappa shape index (κ2) is 5.19. The first-order chi connectivity index (χ1) is 8.11. The molecule has 0 heterocycles. The minimum absolute atomic E-state index is 0.0213. The molecule has 2 rings (SSSR count). The van der Waals surface area contributed by atoms with Crippen molar-refractivity contribution in [2.75, 3.05) is 20.2 Å². The van der Waals surface area contributed by atoms with Gasteiger partial charge in [-0.05, 0) is 36.1 Å². The third kappa shape index (κ3) is 2.69. The second-order valence-electron chi connectivity index (χ2n) is 4.50. The summed E-state index contributed by atoms with van der Waals surface area (Å²) in [6.45, 7) is 0.433. The highest BCUT2D eigenvalue weighted by Gasteiger charge is 2.29. The average molecular weight is 298 g/mol. The highest BCUT2D eigenvalue weighted by Crippen LogP contribution is 2.30. The van der Waals surface area contributed by atoms with Crippen LogP contribution in [0.5, 0.6) is 0 Å². The number of carbonyl (C=O) groups is 1. The van der Waals surface area contributed by atoms with E-state index in [1.54, 1.807) is 11.9 Å². The number of nitrogens with zero attached hydrogens (tertiary/aromatic N) is 1. The summed E-state index contributed by atoms with van der Waals surface area (Å²) in [6, 6.07) is 6.19. The van der Waals surface area contributed by atoms with Gasteiger partial charge in [-0.15, -0.1) is 0 Å². The molecule has 4 heteroatoms. The first-order valence-electron chi connectivity index (χ1n) is 5.75. The van der Waals surface area contributed by atoms with Crippen LogP contribution in [0.3, 0.4) is 0 Å². The van der Waals surface area contributed by atoms with Crippen LogP contribution in [0, 0.1) is 5.92 Å². The molecule has 0 radical (unpaired) electrons. The molecule has 1 atom stereocenters. The lowest BCUT2D eigenvalue weighted by molar-refractivity contribution is -0.134. The fraction of sp³-hybridized carbons (Fsp3) is 0.462. The lowest BCUT2D eigenvalue weighted by Gasteiger charge is -2.19. The summed E-state index contributed by atoms with van der Waals surface area (Å²) >= 11 is 3.45. The monoisotopic (exact) mass is 297 g/mol. The van der Waals surface area contributed by atoms with Crippen molar-refractivity contribution in [3.05, 3.63) is 33.8 Å². The van der Waals surface area contributed by atoms with Gasteiger partial charge < -0.3 is 10.0 Å².